The molecule has 0 atom stereocenters. The normalized spacial score (nSPS) is 11.4. The van der Waals surface area contributed by atoms with Gasteiger partial charge in [0.2, 0.25) is 11.8 Å². The van der Waals surface area contributed by atoms with Crippen molar-refractivity contribution in [2.45, 2.75) is 32.9 Å². The molecule has 2 amide bonds. The van der Waals surface area contributed by atoms with Crippen molar-refractivity contribution in [1.82, 2.24) is 15.1 Å². The van der Waals surface area contributed by atoms with Crippen LogP contribution in [0.15, 0.2) is 24.3 Å². The van der Waals surface area contributed by atoms with Gasteiger partial charge >= 0.3 is 0 Å². The van der Waals surface area contributed by atoms with Crippen molar-refractivity contribution in [3.63, 3.8) is 0 Å². The Kier molecular flexibility index (Phi) is 6.69. The van der Waals surface area contributed by atoms with E-state index in [-0.39, 0.29) is 42.8 Å². The summed E-state index contributed by atoms with van der Waals surface area (Å²) in [5, 5.41) is 2.84. The van der Waals surface area contributed by atoms with Crippen LogP contribution in [0.2, 0.25) is 0 Å². The van der Waals surface area contributed by atoms with E-state index in [0.717, 1.165) is 0 Å². The van der Waals surface area contributed by atoms with Crippen LogP contribution >= 0.6 is 0 Å². The Hall–Kier alpha value is -1.95. The van der Waals surface area contributed by atoms with Crippen molar-refractivity contribution in [3.8, 4) is 0 Å². The fourth-order valence-corrected chi connectivity index (χ4v) is 2.08. The van der Waals surface area contributed by atoms with Gasteiger partial charge in [0.05, 0.1) is 13.1 Å². The van der Waals surface area contributed by atoms with Crippen molar-refractivity contribution in [1.29, 1.82) is 0 Å². The summed E-state index contributed by atoms with van der Waals surface area (Å²) in [5.41, 5.74) is 0.167. The minimum Gasteiger partial charge on any atom is -0.350 e. The highest BCUT2D eigenvalue weighted by Crippen LogP contribution is 2.09. The second-order valence-corrected chi connectivity index (χ2v) is 6.81. The number of amides is 2. The fourth-order valence-electron chi connectivity index (χ4n) is 2.08. The van der Waals surface area contributed by atoms with Gasteiger partial charge in [0.25, 0.3) is 0 Å². The minimum absolute atomic E-state index is 0.0997. The van der Waals surface area contributed by atoms with Crippen LogP contribution < -0.4 is 5.32 Å². The summed E-state index contributed by atoms with van der Waals surface area (Å²) in [5.74, 6) is -0.631. The smallest absolute Gasteiger partial charge is 0.236 e. The molecule has 0 fully saturated rings. The Balaban J connectivity index is 2.48. The number of halogens is 1. The number of nitrogens with one attached hydrogen (secondary N) is 1. The first-order valence-corrected chi connectivity index (χ1v) is 7.55. The van der Waals surface area contributed by atoms with E-state index in [1.54, 1.807) is 37.2 Å². The molecule has 0 aliphatic carbocycles. The maximum Gasteiger partial charge on any atom is 0.236 e. The SMILES string of the molecule is CN(CC(=O)NC(C)(C)C)CC(=O)N(C)Cc1ccccc1F. The Bertz CT molecular complexity index is 555. The molecule has 0 bridgehead atoms. The lowest BCUT2D eigenvalue weighted by molar-refractivity contribution is -0.132. The molecule has 1 rings (SSSR count). The Morgan fingerprint density at radius 2 is 1.74 bits per heavy atom. The van der Waals surface area contributed by atoms with E-state index in [4.69, 9.17) is 0 Å². The highest BCUT2D eigenvalue weighted by Gasteiger charge is 2.18. The molecule has 0 unspecified atom stereocenters. The van der Waals surface area contributed by atoms with E-state index in [2.05, 4.69) is 5.32 Å². The second-order valence-electron chi connectivity index (χ2n) is 6.81. The molecule has 0 aliphatic rings. The molecule has 1 N–H and O–H groups in total. The zero-order chi connectivity index (χ0) is 17.6. The highest BCUT2D eigenvalue weighted by atomic mass is 19.1. The molecule has 0 saturated heterocycles. The summed E-state index contributed by atoms with van der Waals surface area (Å²) < 4.78 is 13.6. The highest BCUT2D eigenvalue weighted by molar-refractivity contribution is 5.81. The molecule has 23 heavy (non-hydrogen) atoms. The summed E-state index contributed by atoms with van der Waals surface area (Å²) >= 11 is 0. The number of likely N-dealkylation sites (N-methyl/N-ethyl adjacent to an activating group) is 2. The van der Waals surface area contributed by atoms with Crippen molar-refractivity contribution in [3.05, 3.63) is 35.6 Å². The first-order valence-electron chi connectivity index (χ1n) is 7.55. The average Bonchev–Trinajstić information content (AvgIpc) is 2.38. The molecule has 0 heterocycles. The van der Waals surface area contributed by atoms with E-state index in [0.29, 0.717) is 5.56 Å². The van der Waals surface area contributed by atoms with Crippen LogP contribution in [-0.2, 0) is 16.1 Å². The van der Waals surface area contributed by atoms with Crippen molar-refractivity contribution in [2.75, 3.05) is 27.2 Å². The van der Waals surface area contributed by atoms with Crippen molar-refractivity contribution >= 4 is 11.8 Å². The van der Waals surface area contributed by atoms with Gasteiger partial charge in [-0.25, -0.2) is 4.39 Å². The van der Waals surface area contributed by atoms with E-state index in [9.17, 15) is 14.0 Å². The third kappa shape index (κ3) is 7.23. The third-order valence-corrected chi connectivity index (χ3v) is 3.12. The molecule has 0 aromatic heterocycles. The topological polar surface area (TPSA) is 52.7 Å². The number of benzene rings is 1. The number of rotatable bonds is 6. The van der Waals surface area contributed by atoms with Crippen LogP contribution in [0, 0.1) is 5.82 Å². The first-order chi connectivity index (χ1) is 10.6. The van der Waals surface area contributed by atoms with Crippen LogP contribution in [0.4, 0.5) is 4.39 Å². The summed E-state index contributed by atoms with van der Waals surface area (Å²) in [6, 6.07) is 6.37. The van der Waals surface area contributed by atoms with Gasteiger partial charge in [-0.2, -0.15) is 0 Å². The van der Waals surface area contributed by atoms with Gasteiger partial charge in [-0.1, -0.05) is 18.2 Å². The Morgan fingerprint density at radius 1 is 1.13 bits per heavy atom. The van der Waals surface area contributed by atoms with Crippen LogP contribution in [0.25, 0.3) is 0 Å². The molecule has 128 valence electrons. The third-order valence-electron chi connectivity index (χ3n) is 3.12. The predicted molar refractivity (Wildman–Crippen MR) is 88.3 cm³/mol. The molecule has 0 saturated carbocycles. The van der Waals surface area contributed by atoms with Crippen LogP contribution in [-0.4, -0.2) is 54.3 Å². The van der Waals surface area contributed by atoms with E-state index >= 15 is 0 Å². The summed E-state index contributed by atoms with van der Waals surface area (Å²) in [6.45, 7) is 6.14. The first kappa shape index (κ1) is 19.1. The molecule has 0 radical (unpaired) electrons. The number of nitrogens with zero attached hydrogens (tertiary/aromatic N) is 2. The predicted octanol–water partition coefficient (Wildman–Crippen LogP) is 1.63. The van der Waals surface area contributed by atoms with E-state index < -0.39 is 0 Å². The van der Waals surface area contributed by atoms with Crippen molar-refractivity contribution < 1.29 is 14.0 Å². The molecular weight excluding hydrogens is 297 g/mol. The van der Waals surface area contributed by atoms with Crippen LogP contribution in [0.5, 0.6) is 0 Å². The molecule has 0 spiro atoms. The lowest BCUT2D eigenvalue weighted by Crippen LogP contribution is -2.47. The van der Waals surface area contributed by atoms with Gasteiger partial charge in [-0.3, -0.25) is 14.5 Å². The standard InChI is InChI=1S/C17H26FN3O2/c1-17(2,3)19-15(22)11-20(4)12-16(23)21(5)10-13-8-6-7-9-14(13)18/h6-9H,10-12H2,1-5H3,(H,19,22). The number of carbonyl (C=O) groups is 2. The molecule has 0 aliphatic heterocycles. The average molecular weight is 323 g/mol. The minimum atomic E-state index is -0.329. The zero-order valence-corrected chi connectivity index (χ0v) is 14.5. The van der Waals surface area contributed by atoms with E-state index in [1.165, 1.54) is 11.0 Å². The van der Waals surface area contributed by atoms with Gasteiger partial charge in [0, 0.05) is 24.7 Å². The molecule has 6 heteroatoms. The van der Waals surface area contributed by atoms with Crippen LogP contribution in [0.3, 0.4) is 0 Å². The Morgan fingerprint density at radius 3 is 2.30 bits per heavy atom. The monoisotopic (exact) mass is 323 g/mol. The number of carbonyl (C=O) groups excluding carboxylic acids is 2. The lowest BCUT2D eigenvalue weighted by Gasteiger charge is -2.24. The summed E-state index contributed by atoms with van der Waals surface area (Å²) in [7, 11) is 3.33. The lowest BCUT2D eigenvalue weighted by atomic mass is 10.1. The van der Waals surface area contributed by atoms with Crippen molar-refractivity contribution in [2.24, 2.45) is 0 Å². The quantitative estimate of drug-likeness (QED) is 0.866. The number of hydrogen-bond donors (Lipinski definition) is 1. The van der Waals surface area contributed by atoms with Crippen LogP contribution in [0.1, 0.15) is 26.3 Å². The van der Waals surface area contributed by atoms with Gasteiger partial charge in [0.1, 0.15) is 5.82 Å². The second kappa shape index (κ2) is 8.06. The van der Waals surface area contributed by atoms with Gasteiger partial charge in [0.15, 0.2) is 0 Å². The van der Waals surface area contributed by atoms with Gasteiger partial charge < -0.3 is 10.2 Å². The molecule has 1 aromatic carbocycles. The summed E-state index contributed by atoms with van der Waals surface area (Å²) in [6.07, 6.45) is 0. The maximum absolute atomic E-state index is 13.6. The largest absolute Gasteiger partial charge is 0.350 e. The van der Waals surface area contributed by atoms with Gasteiger partial charge in [-0.15, -0.1) is 0 Å². The van der Waals surface area contributed by atoms with E-state index in [1.807, 2.05) is 20.8 Å². The molecular formula is C17H26FN3O2. The van der Waals surface area contributed by atoms with Gasteiger partial charge in [-0.05, 0) is 33.9 Å². The Labute approximate surface area is 137 Å². The fraction of sp³-hybridized carbons (Fsp3) is 0.529. The number of hydrogen-bond acceptors (Lipinski definition) is 3. The molecule has 1 aromatic rings. The zero-order valence-electron chi connectivity index (χ0n) is 14.5. The summed E-state index contributed by atoms with van der Waals surface area (Å²) in [4.78, 5) is 27.1. The molecule has 5 nitrogen and oxygen atoms in total. The maximum atomic E-state index is 13.6.